The van der Waals surface area contributed by atoms with E-state index in [0.717, 1.165) is 22.0 Å². The summed E-state index contributed by atoms with van der Waals surface area (Å²) >= 11 is 2.34. The van der Waals surface area contributed by atoms with Crippen molar-refractivity contribution in [2.45, 2.75) is 84.7 Å². The van der Waals surface area contributed by atoms with E-state index in [1.165, 1.54) is 5.57 Å². The molecule has 0 heterocycles. The zero-order valence-corrected chi connectivity index (χ0v) is 24.3. The Morgan fingerprint density at radius 1 is 1.39 bits per heavy atom. The van der Waals surface area contributed by atoms with Crippen LogP contribution in [0, 0.1) is 17.8 Å². The fourth-order valence-electron chi connectivity index (χ4n) is 3.91. The molecule has 0 bridgehead atoms. The molecule has 1 aliphatic rings. The third-order valence-electron chi connectivity index (χ3n) is 6.95. The smallest absolute Gasteiger partial charge is 0.191 e. The van der Waals surface area contributed by atoms with Crippen LogP contribution < -0.4 is 0 Å². The minimum atomic E-state index is -1.75. The van der Waals surface area contributed by atoms with Gasteiger partial charge in [0.1, 0.15) is 6.79 Å². The lowest BCUT2D eigenvalue weighted by atomic mass is 9.68. The van der Waals surface area contributed by atoms with Crippen LogP contribution in [0.5, 0.6) is 0 Å². The summed E-state index contributed by atoms with van der Waals surface area (Å²) in [4.78, 5) is 0. The van der Waals surface area contributed by atoms with Crippen molar-refractivity contribution in [3.05, 3.63) is 33.5 Å². The summed E-state index contributed by atoms with van der Waals surface area (Å²) in [6.07, 6.45) is 5.33. The Balaban J connectivity index is 2.89. The largest absolute Gasteiger partial charge is 0.416 e. The molecule has 31 heavy (non-hydrogen) atoms. The first-order valence-corrected chi connectivity index (χ1v) is 15.3. The van der Waals surface area contributed by atoms with E-state index >= 15 is 0 Å². The van der Waals surface area contributed by atoms with Crippen LogP contribution in [0.25, 0.3) is 0 Å². The standard InChI is InChI=1S/C25H45IO4Si/c1-17(2)21-13-18(3)14-23(29-16-28-8)24(21)19(4)22(27)15-20(26)11-12-30-31(9,10)25(5,6)7/h14-15,19,21-24,27H,1,11-13,16H2,2-10H3/b20-15+/t19-,21-,22?,23+,24-/m0/s1. The average molecular weight is 565 g/mol. The molecule has 0 aromatic rings. The predicted octanol–water partition coefficient (Wildman–Crippen LogP) is 6.86. The number of aliphatic hydroxyl groups is 1. The van der Waals surface area contributed by atoms with Crippen LogP contribution in [0.4, 0.5) is 0 Å². The highest BCUT2D eigenvalue weighted by Gasteiger charge is 2.39. The first-order valence-electron chi connectivity index (χ1n) is 11.3. The van der Waals surface area contributed by atoms with Gasteiger partial charge in [0.05, 0.1) is 12.2 Å². The number of allylic oxidation sites excluding steroid dienone is 2. The summed E-state index contributed by atoms with van der Waals surface area (Å²) in [7, 11) is -0.109. The van der Waals surface area contributed by atoms with Gasteiger partial charge < -0.3 is 19.0 Å². The number of hydrogen-bond donors (Lipinski definition) is 1. The van der Waals surface area contributed by atoms with Crippen molar-refractivity contribution in [1.29, 1.82) is 0 Å². The lowest BCUT2D eigenvalue weighted by Gasteiger charge is -2.41. The summed E-state index contributed by atoms with van der Waals surface area (Å²) in [6.45, 7) is 22.8. The molecule has 0 saturated heterocycles. The molecular formula is C25H45IO4Si. The molecule has 1 N–H and O–H groups in total. The number of ether oxygens (including phenoxy) is 2. The van der Waals surface area contributed by atoms with E-state index < -0.39 is 14.4 Å². The Morgan fingerprint density at radius 3 is 2.52 bits per heavy atom. The van der Waals surface area contributed by atoms with Crippen molar-refractivity contribution in [3.8, 4) is 0 Å². The Labute approximate surface area is 205 Å². The predicted molar refractivity (Wildman–Crippen MR) is 142 cm³/mol. The minimum Gasteiger partial charge on any atom is -0.416 e. The Bertz CT molecular complexity index is 650. The van der Waals surface area contributed by atoms with Gasteiger partial charge in [0.15, 0.2) is 8.32 Å². The molecule has 0 amide bonds. The molecule has 0 aliphatic heterocycles. The molecule has 1 unspecified atom stereocenters. The maximum atomic E-state index is 11.1. The monoisotopic (exact) mass is 564 g/mol. The third kappa shape index (κ3) is 8.70. The van der Waals surface area contributed by atoms with E-state index in [-0.39, 0.29) is 35.7 Å². The highest BCUT2D eigenvalue weighted by molar-refractivity contribution is 14.1. The quantitative estimate of drug-likeness (QED) is 0.129. The average Bonchev–Trinajstić information content (AvgIpc) is 2.63. The van der Waals surface area contributed by atoms with Crippen molar-refractivity contribution in [2.75, 3.05) is 20.5 Å². The molecule has 1 rings (SSSR count). The van der Waals surface area contributed by atoms with Crippen molar-refractivity contribution in [1.82, 2.24) is 0 Å². The SMILES string of the molecule is C=C(C)[C@@H]1CC(C)=C[C@@H](OCOC)[C@H]1[C@@H](C)C(O)/C=C(/I)CCO[Si](C)(C)C(C)(C)C. The second-order valence-electron chi connectivity index (χ2n) is 10.6. The first kappa shape index (κ1) is 29.0. The normalized spacial score (nSPS) is 25.2. The fraction of sp³-hybridized carbons (Fsp3) is 0.760. The van der Waals surface area contributed by atoms with Crippen LogP contribution in [0.1, 0.15) is 54.4 Å². The highest BCUT2D eigenvalue weighted by Crippen LogP contribution is 2.41. The second kappa shape index (κ2) is 12.5. The number of halogens is 1. The van der Waals surface area contributed by atoms with Gasteiger partial charge in [-0.25, -0.2) is 0 Å². The Kier molecular flexibility index (Phi) is 11.7. The van der Waals surface area contributed by atoms with Crippen molar-refractivity contribution in [2.24, 2.45) is 17.8 Å². The van der Waals surface area contributed by atoms with Crippen LogP contribution in [-0.4, -0.2) is 46.1 Å². The number of aliphatic hydroxyl groups excluding tert-OH is 1. The minimum absolute atomic E-state index is 0.0268. The summed E-state index contributed by atoms with van der Waals surface area (Å²) < 4.78 is 18.6. The van der Waals surface area contributed by atoms with E-state index in [1.807, 2.05) is 6.08 Å². The maximum absolute atomic E-state index is 11.1. The fourth-order valence-corrected chi connectivity index (χ4v) is 5.55. The molecule has 0 spiro atoms. The van der Waals surface area contributed by atoms with Crippen LogP contribution in [0.15, 0.2) is 33.5 Å². The molecule has 0 saturated carbocycles. The molecule has 6 heteroatoms. The number of hydrogen-bond acceptors (Lipinski definition) is 4. The molecule has 5 atom stereocenters. The molecule has 0 radical (unpaired) electrons. The number of rotatable bonds is 11. The summed E-state index contributed by atoms with van der Waals surface area (Å²) in [5.41, 5.74) is 2.45. The van der Waals surface area contributed by atoms with Crippen LogP contribution in [0.3, 0.4) is 0 Å². The van der Waals surface area contributed by atoms with E-state index in [1.54, 1.807) is 7.11 Å². The second-order valence-corrected chi connectivity index (χ2v) is 16.8. The van der Waals surface area contributed by atoms with E-state index in [4.69, 9.17) is 13.9 Å². The lowest BCUT2D eigenvalue weighted by Crippen LogP contribution is -2.41. The molecule has 0 aromatic carbocycles. The highest BCUT2D eigenvalue weighted by atomic mass is 127. The van der Waals surface area contributed by atoms with Gasteiger partial charge in [-0.05, 0) is 82.5 Å². The van der Waals surface area contributed by atoms with Gasteiger partial charge in [0.25, 0.3) is 0 Å². The molecule has 0 fully saturated rings. The summed E-state index contributed by atoms with van der Waals surface area (Å²) in [5, 5.41) is 11.3. The van der Waals surface area contributed by atoms with Crippen molar-refractivity contribution in [3.63, 3.8) is 0 Å². The van der Waals surface area contributed by atoms with Crippen molar-refractivity contribution < 1.29 is 19.0 Å². The third-order valence-corrected chi connectivity index (χ3v) is 12.4. The van der Waals surface area contributed by atoms with E-state index in [9.17, 15) is 5.11 Å². The Morgan fingerprint density at radius 2 is 2.00 bits per heavy atom. The zero-order chi connectivity index (χ0) is 24.0. The van der Waals surface area contributed by atoms with Gasteiger partial charge in [-0.15, -0.1) is 0 Å². The molecular weight excluding hydrogens is 519 g/mol. The van der Waals surface area contributed by atoms with Gasteiger partial charge in [-0.2, -0.15) is 0 Å². The molecule has 4 nitrogen and oxygen atoms in total. The molecule has 1 aliphatic carbocycles. The summed E-state index contributed by atoms with van der Waals surface area (Å²) in [6, 6.07) is 0. The summed E-state index contributed by atoms with van der Waals surface area (Å²) in [5.74, 6) is 0.457. The van der Waals surface area contributed by atoms with Crippen LogP contribution in [-0.2, 0) is 13.9 Å². The number of methoxy groups -OCH3 is 1. The lowest BCUT2D eigenvalue weighted by molar-refractivity contribution is -0.0973. The van der Waals surface area contributed by atoms with Crippen molar-refractivity contribution >= 4 is 30.9 Å². The van der Waals surface area contributed by atoms with Gasteiger partial charge in [0, 0.05) is 26.1 Å². The van der Waals surface area contributed by atoms with Crippen LogP contribution >= 0.6 is 22.6 Å². The topological polar surface area (TPSA) is 47.9 Å². The molecule has 180 valence electrons. The van der Waals surface area contributed by atoms with E-state index in [2.05, 4.69) is 89.9 Å². The van der Waals surface area contributed by atoms with Gasteiger partial charge >= 0.3 is 0 Å². The molecule has 0 aromatic heterocycles. The maximum Gasteiger partial charge on any atom is 0.191 e. The van der Waals surface area contributed by atoms with Gasteiger partial charge in [0.2, 0.25) is 0 Å². The van der Waals surface area contributed by atoms with Gasteiger partial charge in [-0.1, -0.05) is 51.5 Å². The first-order chi connectivity index (χ1) is 14.2. The van der Waals surface area contributed by atoms with Gasteiger partial charge in [-0.3, -0.25) is 0 Å². The van der Waals surface area contributed by atoms with E-state index in [0.29, 0.717) is 6.61 Å². The van der Waals surface area contributed by atoms with Crippen LogP contribution in [0.2, 0.25) is 18.1 Å². The Hall–Kier alpha value is 0.00688. The zero-order valence-electron chi connectivity index (χ0n) is 21.1.